The number of unbranched alkanes of at least 4 members (excludes halogenated alkanes) is 7. The summed E-state index contributed by atoms with van der Waals surface area (Å²) in [4.78, 5) is 16.9. The van der Waals surface area contributed by atoms with Gasteiger partial charge >= 0.3 is 0 Å². The van der Waals surface area contributed by atoms with Gasteiger partial charge in [-0.05, 0) is 52.5 Å². The van der Waals surface area contributed by atoms with Crippen LogP contribution >= 0.6 is 0 Å². The molecule has 0 unspecified atom stereocenters. The number of quaternary nitrogens is 1. The van der Waals surface area contributed by atoms with Gasteiger partial charge in [0.15, 0.2) is 0 Å². The van der Waals surface area contributed by atoms with Gasteiger partial charge in [0.1, 0.15) is 6.29 Å². The Labute approximate surface area is 209 Å². The SMILES string of the molecule is CC=NCCCC.CC=NCCCCC.CC=O.CCCCCC.CCCC[NH3+].N.[V]. The van der Waals surface area contributed by atoms with Crippen molar-refractivity contribution in [3.8, 4) is 0 Å². The summed E-state index contributed by atoms with van der Waals surface area (Å²) in [7, 11) is 0. The van der Waals surface area contributed by atoms with E-state index < -0.39 is 0 Å². The Kier molecular flexibility index (Phi) is 109. The molecule has 0 aliphatic rings. The maximum atomic E-state index is 8.81. The number of carbonyl (C=O) groups excluding carboxylic acids is 1. The van der Waals surface area contributed by atoms with Gasteiger partial charge in [-0.3, -0.25) is 9.98 Å². The van der Waals surface area contributed by atoms with Gasteiger partial charge in [-0.15, -0.1) is 0 Å². The first-order valence-electron chi connectivity index (χ1n) is 12.2. The van der Waals surface area contributed by atoms with Crippen LogP contribution in [0.15, 0.2) is 9.98 Å². The summed E-state index contributed by atoms with van der Waals surface area (Å²) < 4.78 is 0. The number of hydrogen-bond donors (Lipinski definition) is 2. The molecule has 0 aromatic carbocycles. The van der Waals surface area contributed by atoms with Gasteiger partial charge in [0, 0.05) is 31.6 Å². The third-order valence-electron chi connectivity index (χ3n) is 3.46. The minimum atomic E-state index is 0. The Balaban J connectivity index is -0.0000000470. The molecule has 0 aliphatic carbocycles. The van der Waals surface area contributed by atoms with Crippen LogP contribution in [-0.4, -0.2) is 38.3 Å². The van der Waals surface area contributed by atoms with E-state index in [0.717, 1.165) is 25.9 Å². The minimum Gasteiger partial charge on any atom is -0.358 e. The quantitative estimate of drug-likeness (QED) is 0.175. The number of nitrogens with zero attached hydrogens (tertiary/aromatic N) is 2. The van der Waals surface area contributed by atoms with Crippen LogP contribution in [0.5, 0.6) is 0 Å². The van der Waals surface area contributed by atoms with Gasteiger partial charge in [0.2, 0.25) is 0 Å². The second-order valence-corrected chi connectivity index (χ2v) is 6.54. The third kappa shape index (κ3) is 122. The Morgan fingerprint density at radius 1 is 0.613 bits per heavy atom. The van der Waals surface area contributed by atoms with E-state index in [2.05, 4.69) is 50.3 Å². The number of carbonyl (C=O) groups is 1. The molecular formula is C25H61N4OV+. The molecule has 6 N–H and O–H groups in total. The van der Waals surface area contributed by atoms with E-state index in [1.165, 1.54) is 77.6 Å². The topological polar surface area (TPSA) is 104 Å². The molecule has 0 atom stereocenters. The van der Waals surface area contributed by atoms with E-state index in [0.29, 0.717) is 0 Å². The van der Waals surface area contributed by atoms with Crippen LogP contribution in [0.2, 0.25) is 0 Å². The van der Waals surface area contributed by atoms with Gasteiger partial charge in [0.05, 0.1) is 6.54 Å². The fourth-order valence-corrected chi connectivity index (χ4v) is 1.71. The van der Waals surface area contributed by atoms with Gasteiger partial charge in [0.25, 0.3) is 0 Å². The monoisotopic (exact) mass is 484 g/mol. The smallest absolute Gasteiger partial charge is 0.116 e. The van der Waals surface area contributed by atoms with Crippen molar-refractivity contribution in [2.45, 2.75) is 126 Å². The average molecular weight is 485 g/mol. The van der Waals surface area contributed by atoms with Gasteiger partial charge in [-0.25, -0.2) is 0 Å². The summed E-state index contributed by atoms with van der Waals surface area (Å²) in [5, 5.41) is 0. The van der Waals surface area contributed by atoms with E-state index in [1.54, 1.807) is 0 Å². The van der Waals surface area contributed by atoms with Gasteiger partial charge in [-0.1, -0.05) is 86.0 Å². The zero-order valence-electron chi connectivity index (χ0n) is 22.8. The molecule has 0 spiro atoms. The molecular weight excluding hydrogens is 423 g/mol. The first kappa shape index (κ1) is 48.1. The minimum absolute atomic E-state index is 0. The van der Waals surface area contributed by atoms with Crippen LogP contribution in [0, 0.1) is 0 Å². The molecule has 0 rings (SSSR count). The summed E-state index contributed by atoms with van der Waals surface area (Å²) >= 11 is 0. The summed E-state index contributed by atoms with van der Waals surface area (Å²) in [5.41, 5.74) is 3.68. The fourth-order valence-electron chi connectivity index (χ4n) is 1.71. The Morgan fingerprint density at radius 2 is 0.903 bits per heavy atom. The normalized spacial score (nSPS) is 8.68. The van der Waals surface area contributed by atoms with Crippen molar-refractivity contribution in [3.63, 3.8) is 0 Å². The standard InChI is InChI=1S/C7H15N.C6H13N.C6H14.C4H11N.C2H4O.H3N.V/c1-3-5-6-7-8-4-2;1-3-5-6-7-4-2;1-3-5-6-4-2;1-2-3-4-5;1-2-3;;/h4H,3,5-7H2,1-2H3;4H,3,5-6H2,1-2H3;3-6H2,1-2H3;2-5H2,1H3;2H,1H3;1H3;/p+1. The second-order valence-electron chi connectivity index (χ2n) is 6.54. The van der Waals surface area contributed by atoms with E-state index in [4.69, 9.17) is 4.79 Å². The molecule has 0 saturated carbocycles. The van der Waals surface area contributed by atoms with Crippen molar-refractivity contribution in [3.05, 3.63) is 0 Å². The van der Waals surface area contributed by atoms with Crippen molar-refractivity contribution in [2.24, 2.45) is 9.98 Å². The molecule has 1 radical (unpaired) electrons. The Bertz CT molecular complexity index is 270. The van der Waals surface area contributed by atoms with Gasteiger partial charge in [-0.2, -0.15) is 0 Å². The maximum Gasteiger partial charge on any atom is 0.116 e. The molecule has 0 bridgehead atoms. The fraction of sp³-hybridized carbons (Fsp3) is 0.880. The Morgan fingerprint density at radius 3 is 1.13 bits per heavy atom. The zero-order valence-corrected chi connectivity index (χ0v) is 24.2. The molecule has 0 aromatic heterocycles. The molecule has 0 fully saturated rings. The summed E-state index contributed by atoms with van der Waals surface area (Å²) in [5.74, 6) is 0. The van der Waals surface area contributed by atoms with E-state index >= 15 is 0 Å². The summed E-state index contributed by atoms with van der Waals surface area (Å²) in [6, 6.07) is 0. The first-order chi connectivity index (χ1) is 14.1. The van der Waals surface area contributed by atoms with Gasteiger partial charge < -0.3 is 16.7 Å². The van der Waals surface area contributed by atoms with E-state index in [9.17, 15) is 0 Å². The molecule has 191 valence electrons. The molecule has 0 saturated heterocycles. The van der Waals surface area contributed by atoms with Crippen LogP contribution in [0.3, 0.4) is 0 Å². The molecule has 5 nitrogen and oxygen atoms in total. The van der Waals surface area contributed by atoms with E-state index in [-0.39, 0.29) is 24.7 Å². The van der Waals surface area contributed by atoms with Crippen molar-refractivity contribution in [2.75, 3.05) is 19.6 Å². The number of aldehydes is 1. The van der Waals surface area contributed by atoms with Crippen LogP contribution < -0.4 is 11.9 Å². The van der Waals surface area contributed by atoms with E-state index in [1.807, 2.05) is 26.3 Å². The maximum absolute atomic E-state index is 8.81. The molecule has 31 heavy (non-hydrogen) atoms. The number of aliphatic imine (C=N–C) groups is 2. The molecule has 6 heteroatoms. The molecule has 0 heterocycles. The average Bonchev–Trinajstić information content (AvgIpc) is 2.73. The molecule has 0 aliphatic heterocycles. The van der Waals surface area contributed by atoms with Crippen molar-refractivity contribution in [1.29, 1.82) is 0 Å². The predicted molar refractivity (Wildman–Crippen MR) is 142 cm³/mol. The second kappa shape index (κ2) is 70.0. The predicted octanol–water partition coefficient (Wildman–Crippen LogP) is 7.12. The van der Waals surface area contributed by atoms with Crippen LogP contribution in [0.1, 0.15) is 126 Å². The zero-order chi connectivity index (χ0) is 23.4. The summed E-state index contributed by atoms with van der Waals surface area (Å²) in [6.07, 6.45) is 18.9. The Hall–Kier alpha value is -0.486. The van der Waals surface area contributed by atoms with Crippen LogP contribution in [-0.2, 0) is 23.4 Å². The summed E-state index contributed by atoms with van der Waals surface area (Å²) in [6.45, 7) is 19.5. The molecule has 0 aromatic rings. The number of rotatable bonds is 12. The third-order valence-corrected chi connectivity index (χ3v) is 3.46. The van der Waals surface area contributed by atoms with Crippen LogP contribution in [0.4, 0.5) is 0 Å². The van der Waals surface area contributed by atoms with Crippen molar-refractivity contribution < 1.29 is 29.1 Å². The van der Waals surface area contributed by atoms with Crippen molar-refractivity contribution >= 4 is 18.7 Å². The van der Waals surface area contributed by atoms with Crippen molar-refractivity contribution in [1.82, 2.24) is 6.15 Å². The first-order valence-corrected chi connectivity index (χ1v) is 12.2. The van der Waals surface area contributed by atoms with Crippen LogP contribution in [0.25, 0.3) is 0 Å². The molecule has 0 amide bonds. The largest absolute Gasteiger partial charge is 0.358 e. The number of hydrogen-bond acceptors (Lipinski definition) is 4.